The second kappa shape index (κ2) is 9.62. The van der Waals surface area contributed by atoms with Gasteiger partial charge in [0, 0.05) is 0 Å². The number of benzene rings is 2. The molecule has 2 aliphatic rings. The molecule has 0 N–H and O–H groups in total. The van der Waals surface area contributed by atoms with Gasteiger partial charge < -0.3 is 0 Å². The van der Waals surface area contributed by atoms with Gasteiger partial charge in [-0.15, -0.1) is 0 Å². The summed E-state index contributed by atoms with van der Waals surface area (Å²) in [5.74, 6) is 1.96. The quantitative estimate of drug-likeness (QED) is 0.447. The van der Waals surface area contributed by atoms with Crippen molar-refractivity contribution in [2.75, 3.05) is 0 Å². The number of fused-ring (bicyclic) bond motifs is 1. The largest absolute Gasteiger partial charge is 0.206 e. The van der Waals surface area contributed by atoms with E-state index in [0.717, 1.165) is 49.0 Å². The predicted octanol–water partition coefficient (Wildman–Crippen LogP) is 8.68. The number of hydrogen-bond donors (Lipinski definition) is 0. The van der Waals surface area contributed by atoms with Crippen LogP contribution in [0.4, 0.5) is 8.78 Å². The van der Waals surface area contributed by atoms with E-state index in [4.69, 9.17) is 0 Å². The van der Waals surface area contributed by atoms with Crippen molar-refractivity contribution in [3.8, 4) is 11.1 Å². The molecule has 0 bridgehead atoms. The molecule has 2 heteroatoms. The van der Waals surface area contributed by atoms with E-state index in [0.29, 0.717) is 11.5 Å². The van der Waals surface area contributed by atoms with E-state index in [1.54, 1.807) is 12.1 Å². The van der Waals surface area contributed by atoms with Gasteiger partial charge in [0.15, 0.2) is 0 Å². The summed E-state index contributed by atoms with van der Waals surface area (Å²) in [7, 11) is 0. The minimum Gasteiger partial charge on any atom is -0.206 e. The molecule has 0 spiro atoms. The van der Waals surface area contributed by atoms with Gasteiger partial charge in [-0.25, -0.2) is 8.78 Å². The van der Waals surface area contributed by atoms with Gasteiger partial charge in [0.1, 0.15) is 11.6 Å². The summed E-state index contributed by atoms with van der Waals surface area (Å²) in [6.45, 7) is 4.42. The lowest BCUT2D eigenvalue weighted by Gasteiger charge is -2.42. The van der Waals surface area contributed by atoms with E-state index in [2.05, 4.69) is 13.8 Å². The number of aryl methyl sites for hydroxylation is 1. The van der Waals surface area contributed by atoms with Crippen molar-refractivity contribution < 1.29 is 8.78 Å². The molecule has 0 heterocycles. The van der Waals surface area contributed by atoms with Gasteiger partial charge in [0.05, 0.1) is 5.56 Å². The molecule has 4 rings (SSSR count). The van der Waals surface area contributed by atoms with Crippen LogP contribution in [0.25, 0.3) is 11.1 Å². The molecule has 0 nitrogen and oxygen atoms in total. The zero-order valence-electron chi connectivity index (χ0n) is 18.6. The van der Waals surface area contributed by atoms with E-state index in [9.17, 15) is 0 Å². The van der Waals surface area contributed by atoms with Crippen molar-refractivity contribution in [2.24, 2.45) is 17.8 Å². The van der Waals surface area contributed by atoms with E-state index < -0.39 is 11.6 Å². The van der Waals surface area contributed by atoms with Gasteiger partial charge in [0.25, 0.3) is 0 Å². The first-order valence-electron chi connectivity index (χ1n) is 12.2. The highest BCUT2D eigenvalue weighted by molar-refractivity contribution is 5.65. The number of rotatable bonds is 6. The van der Waals surface area contributed by atoms with Crippen molar-refractivity contribution in [3.05, 3.63) is 59.2 Å². The van der Waals surface area contributed by atoms with Crippen LogP contribution in [0.5, 0.6) is 0 Å². The Morgan fingerprint density at radius 3 is 2.13 bits per heavy atom. The average Bonchev–Trinajstić information content (AvgIpc) is 2.74. The second-order valence-electron chi connectivity index (χ2n) is 9.80. The third-order valence-electron chi connectivity index (χ3n) is 7.74. The van der Waals surface area contributed by atoms with Crippen LogP contribution < -0.4 is 0 Å². The Morgan fingerprint density at radius 1 is 0.800 bits per heavy atom. The van der Waals surface area contributed by atoms with Crippen LogP contribution in [0.3, 0.4) is 0 Å². The molecule has 0 radical (unpaired) electrons. The highest BCUT2D eigenvalue weighted by Crippen LogP contribution is 2.48. The molecule has 2 fully saturated rings. The minimum atomic E-state index is -0.415. The highest BCUT2D eigenvalue weighted by Gasteiger charge is 2.36. The van der Waals surface area contributed by atoms with Crippen LogP contribution in [0.15, 0.2) is 36.4 Å². The van der Waals surface area contributed by atoms with Crippen molar-refractivity contribution in [1.29, 1.82) is 0 Å². The summed E-state index contributed by atoms with van der Waals surface area (Å²) < 4.78 is 30.1. The maximum atomic E-state index is 15.0. The molecule has 1 unspecified atom stereocenters. The Balaban J connectivity index is 1.48. The summed E-state index contributed by atoms with van der Waals surface area (Å²) in [5, 5.41) is 0. The predicted molar refractivity (Wildman–Crippen MR) is 122 cm³/mol. The topological polar surface area (TPSA) is 0 Å². The van der Waals surface area contributed by atoms with Crippen molar-refractivity contribution >= 4 is 0 Å². The molecule has 2 aromatic carbocycles. The lowest BCUT2D eigenvalue weighted by Crippen LogP contribution is -2.30. The molecule has 30 heavy (non-hydrogen) atoms. The first kappa shape index (κ1) is 21.5. The summed E-state index contributed by atoms with van der Waals surface area (Å²) in [4.78, 5) is 0. The average molecular weight is 411 g/mol. The maximum absolute atomic E-state index is 15.0. The van der Waals surface area contributed by atoms with Crippen LogP contribution >= 0.6 is 0 Å². The number of halogens is 2. The Morgan fingerprint density at radius 2 is 1.47 bits per heavy atom. The third-order valence-corrected chi connectivity index (χ3v) is 7.74. The first-order chi connectivity index (χ1) is 14.6. The molecular weight excluding hydrogens is 374 g/mol. The van der Waals surface area contributed by atoms with Crippen molar-refractivity contribution in [2.45, 2.75) is 84.0 Å². The molecule has 2 saturated carbocycles. The van der Waals surface area contributed by atoms with Gasteiger partial charge >= 0.3 is 0 Å². The van der Waals surface area contributed by atoms with Crippen LogP contribution in [-0.4, -0.2) is 0 Å². The Kier molecular flexibility index (Phi) is 6.91. The number of hydrogen-bond acceptors (Lipinski definition) is 0. The standard InChI is InChI=1S/C28H36F2/c1-3-5-19-7-10-21(11-8-19)28-26(29)17-25(18-27(28)30)24-14-13-22-15-20(6-4-2)9-12-23(22)16-24/h7-8,10-11,17-18,20,22-24H,3-6,9,12-16H2,1-2H3/t20?,22-,23-,24-/m1/s1. The van der Waals surface area contributed by atoms with E-state index in [1.165, 1.54) is 44.1 Å². The van der Waals surface area contributed by atoms with Crippen molar-refractivity contribution in [3.63, 3.8) is 0 Å². The van der Waals surface area contributed by atoms with Crippen LogP contribution in [-0.2, 0) is 6.42 Å². The van der Waals surface area contributed by atoms with E-state index in [1.807, 2.05) is 24.3 Å². The SMILES string of the molecule is CCCc1ccc(-c2c(F)cc([C@@H]3CC[C@@H]4CC(CCC)CC[C@@H]4C3)cc2F)cc1. The molecular formula is C28H36F2. The Hall–Kier alpha value is -1.70. The smallest absolute Gasteiger partial charge is 0.134 e. The molecule has 2 aliphatic carbocycles. The van der Waals surface area contributed by atoms with Gasteiger partial charge in [-0.2, -0.15) is 0 Å². The normalized spacial score (nSPS) is 26.4. The Bertz CT molecular complexity index is 815. The summed E-state index contributed by atoms with van der Waals surface area (Å²) in [5.41, 5.74) is 2.83. The van der Waals surface area contributed by atoms with Gasteiger partial charge in [-0.05, 0) is 91.0 Å². The molecule has 0 amide bonds. The summed E-state index contributed by atoms with van der Waals surface area (Å²) >= 11 is 0. The fourth-order valence-electron chi connectivity index (χ4n) is 6.19. The molecule has 0 saturated heterocycles. The van der Waals surface area contributed by atoms with Crippen LogP contribution in [0, 0.1) is 29.4 Å². The lowest BCUT2D eigenvalue weighted by atomic mass is 9.63. The lowest BCUT2D eigenvalue weighted by molar-refractivity contribution is 0.114. The minimum absolute atomic E-state index is 0.121. The van der Waals surface area contributed by atoms with Gasteiger partial charge in [-0.3, -0.25) is 0 Å². The highest BCUT2D eigenvalue weighted by atomic mass is 19.1. The molecule has 0 aromatic heterocycles. The summed E-state index contributed by atoms with van der Waals surface area (Å²) in [6, 6.07) is 10.9. The molecule has 2 aromatic rings. The maximum Gasteiger partial charge on any atom is 0.134 e. The summed E-state index contributed by atoms with van der Waals surface area (Å²) in [6.07, 6.45) is 12.1. The van der Waals surface area contributed by atoms with E-state index >= 15 is 8.78 Å². The fourth-order valence-corrected chi connectivity index (χ4v) is 6.19. The third kappa shape index (κ3) is 4.63. The van der Waals surface area contributed by atoms with Crippen LogP contribution in [0.2, 0.25) is 0 Å². The molecule has 162 valence electrons. The molecule has 0 aliphatic heterocycles. The second-order valence-corrected chi connectivity index (χ2v) is 9.80. The molecule has 4 atom stereocenters. The van der Waals surface area contributed by atoms with Gasteiger partial charge in [-0.1, -0.05) is 63.8 Å². The first-order valence-corrected chi connectivity index (χ1v) is 12.2. The van der Waals surface area contributed by atoms with Crippen molar-refractivity contribution in [1.82, 2.24) is 0 Å². The van der Waals surface area contributed by atoms with Crippen LogP contribution in [0.1, 0.15) is 88.7 Å². The Labute approximate surface area is 181 Å². The monoisotopic (exact) mass is 410 g/mol. The fraction of sp³-hybridized carbons (Fsp3) is 0.571. The zero-order chi connectivity index (χ0) is 21.1. The zero-order valence-corrected chi connectivity index (χ0v) is 18.6. The van der Waals surface area contributed by atoms with Gasteiger partial charge in [0.2, 0.25) is 0 Å². The van der Waals surface area contributed by atoms with E-state index in [-0.39, 0.29) is 5.56 Å².